The van der Waals surface area contributed by atoms with Gasteiger partial charge in [-0.25, -0.2) is 0 Å². The highest BCUT2D eigenvalue weighted by Gasteiger charge is 2.38. The first-order valence-electron chi connectivity index (χ1n) is 7.69. The average molecular weight is 291 g/mol. The van der Waals surface area contributed by atoms with Crippen molar-refractivity contribution in [2.24, 2.45) is 0 Å². The first kappa shape index (κ1) is 15.7. The number of fused-ring (bicyclic) bond motifs is 1. The molecule has 21 heavy (non-hydrogen) atoms. The third-order valence-electron chi connectivity index (χ3n) is 4.77. The minimum absolute atomic E-state index is 0.0126. The Kier molecular flexibility index (Phi) is 4.45. The number of hydrogen-bond donors (Lipinski definition) is 2. The molecule has 0 amide bonds. The summed E-state index contributed by atoms with van der Waals surface area (Å²) in [7, 11) is 0. The highest BCUT2D eigenvalue weighted by Crippen LogP contribution is 2.45. The van der Waals surface area contributed by atoms with E-state index in [1.54, 1.807) is 6.07 Å². The first-order valence-corrected chi connectivity index (χ1v) is 7.69. The van der Waals surface area contributed by atoms with Crippen LogP contribution in [0.1, 0.15) is 57.9 Å². The second-order valence-electron chi connectivity index (χ2n) is 6.35. The van der Waals surface area contributed by atoms with Gasteiger partial charge in [0.2, 0.25) is 0 Å². The van der Waals surface area contributed by atoms with E-state index in [0.29, 0.717) is 18.9 Å². The lowest BCUT2D eigenvalue weighted by Gasteiger charge is -2.49. The number of anilines is 1. The van der Waals surface area contributed by atoms with Crippen molar-refractivity contribution in [3.05, 3.63) is 23.8 Å². The number of carboxylic acids is 1. The molecule has 1 heterocycles. The number of aliphatic carboxylic acids is 1. The normalized spacial score (nSPS) is 24.7. The third kappa shape index (κ3) is 3.14. The molecule has 4 heteroatoms. The Morgan fingerprint density at radius 3 is 2.81 bits per heavy atom. The molecule has 1 aliphatic rings. The van der Waals surface area contributed by atoms with E-state index >= 15 is 0 Å². The van der Waals surface area contributed by atoms with E-state index in [-0.39, 0.29) is 17.7 Å². The highest BCUT2D eigenvalue weighted by molar-refractivity contribution is 5.67. The van der Waals surface area contributed by atoms with E-state index in [2.05, 4.69) is 25.7 Å². The van der Waals surface area contributed by atoms with Gasteiger partial charge in [-0.2, -0.15) is 0 Å². The molecule has 0 aliphatic carbocycles. The molecule has 0 aromatic heterocycles. The van der Waals surface area contributed by atoms with Crippen LogP contribution < -0.4 is 4.90 Å². The van der Waals surface area contributed by atoms with Crippen LogP contribution in [0.4, 0.5) is 5.69 Å². The zero-order valence-electron chi connectivity index (χ0n) is 13.1. The van der Waals surface area contributed by atoms with Gasteiger partial charge in [-0.05, 0) is 43.7 Å². The second-order valence-corrected chi connectivity index (χ2v) is 6.35. The minimum atomic E-state index is -0.755. The summed E-state index contributed by atoms with van der Waals surface area (Å²) in [6.07, 6.45) is 2.85. The lowest BCUT2D eigenvalue weighted by molar-refractivity contribution is -0.137. The van der Waals surface area contributed by atoms with Crippen LogP contribution in [0.25, 0.3) is 0 Å². The zero-order chi connectivity index (χ0) is 15.6. The first-order chi connectivity index (χ1) is 9.87. The summed E-state index contributed by atoms with van der Waals surface area (Å²) in [6, 6.07) is 5.55. The topological polar surface area (TPSA) is 60.8 Å². The molecule has 1 aromatic rings. The van der Waals surface area contributed by atoms with Crippen molar-refractivity contribution in [1.82, 2.24) is 0 Å². The molecule has 2 rings (SSSR count). The minimum Gasteiger partial charge on any atom is -0.508 e. The molecular weight excluding hydrogens is 266 g/mol. The Labute approximate surface area is 126 Å². The molecule has 2 atom stereocenters. The van der Waals surface area contributed by atoms with Gasteiger partial charge in [-0.3, -0.25) is 4.79 Å². The molecule has 1 aliphatic heterocycles. The number of hydrogen-bond acceptors (Lipinski definition) is 3. The summed E-state index contributed by atoms with van der Waals surface area (Å²) in [6.45, 7) is 7.33. The molecule has 4 nitrogen and oxygen atoms in total. The zero-order valence-corrected chi connectivity index (χ0v) is 13.1. The van der Waals surface area contributed by atoms with Gasteiger partial charge >= 0.3 is 5.97 Å². The molecular formula is C17H25NO3. The van der Waals surface area contributed by atoms with Crippen molar-refractivity contribution in [1.29, 1.82) is 0 Å². The molecule has 0 saturated heterocycles. The summed E-state index contributed by atoms with van der Waals surface area (Å²) >= 11 is 0. The third-order valence-corrected chi connectivity index (χ3v) is 4.77. The van der Waals surface area contributed by atoms with Crippen LogP contribution in [0.3, 0.4) is 0 Å². The maximum Gasteiger partial charge on any atom is 0.303 e. The summed E-state index contributed by atoms with van der Waals surface area (Å²) < 4.78 is 0. The Balaban J connectivity index is 2.34. The van der Waals surface area contributed by atoms with Gasteiger partial charge in [-0.1, -0.05) is 19.9 Å². The lowest BCUT2D eigenvalue weighted by Crippen LogP contribution is -2.50. The quantitative estimate of drug-likeness (QED) is 0.867. The van der Waals surface area contributed by atoms with Crippen molar-refractivity contribution in [2.45, 2.75) is 57.9 Å². The molecule has 2 unspecified atom stereocenters. The van der Waals surface area contributed by atoms with Crippen molar-refractivity contribution in [2.75, 3.05) is 11.4 Å². The van der Waals surface area contributed by atoms with Crippen LogP contribution in [-0.4, -0.2) is 28.3 Å². The Morgan fingerprint density at radius 1 is 1.48 bits per heavy atom. The van der Waals surface area contributed by atoms with Gasteiger partial charge < -0.3 is 15.1 Å². The number of benzene rings is 1. The standard InChI is InChI=1S/C17H25NO3/c1-4-17(3)11-12(2)14-8-7-13(19)10-15(14)18(17)9-5-6-16(20)21/h7-8,10,12,19H,4-6,9,11H2,1-3H3,(H,20,21). The largest absolute Gasteiger partial charge is 0.508 e. The van der Waals surface area contributed by atoms with Gasteiger partial charge in [0.25, 0.3) is 0 Å². The van der Waals surface area contributed by atoms with Crippen molar-refractivity contribution < 1.29 is 15.0 Å². The number of carbonyl (C=O) groups is 1. The van der Waals surface area contributed by atoms with E-state index < -0.39 is 5.97 Å². The van der Waals surface area contributed by atoms with Gasteiger partial charge in [0.15, 0.2) is 0 Å². The Bertz CT molecular complexity index is 529. The molecule has 0 radical (unpaired) electrons. The number of nitrogens with zero attached hydrogens (tertiary/aromatic N) is 1. The number of rotatable bonds is 5. The molecule has 1 aromatic carbocycles. The van der Waals surface area contributed by atoms with Gasteiger partial charge in [0.1, 0.15) is 5.75 Å². The maximum absolute atomic E-state index is 10.8. The van der Waals surface area contributed by atoms with Crippen LogP contribution in [0.15, 0.2) is 18.2 Å². The predicted molar refractivity (Wildman–Crippen MR) is 84.1 cm³/mol. The van der Waals surface area contributed by atoms with Crippen LogP contribution >= 0.6 is 0 Å². The number of carboxylic acid groups (broad SMARTS) is 1. The fourth-order valence-corrected chi connectivity index (χ4v) is 3.47. The summed E-state index contributed by atoms with van der Waals surface area (Å²) in [5, 5.41) is 18.7. The fraction of sp³-hybridized carbons (Fsp3) is 0.588. The maximum atomic E-state index is 10.8. The van der Waals surface area contributed by atoms with Crippen LogP contribution in [0.5, 0.6) is 5.75 Å². The summed E-state index contributed by atoms with van der Waals surface area (Å²) in [5.74, 6) is -0.0412. The van der Waals surface area contributed by atoms with E-state index in [1.807, 2.05) is 12.1 Å². The molecule has 2 N–H and O–H groups in total. The highest BCUT2D eigenvalue weighted by atomic mass is 16.4. The average Bonchev–Trinajstić information content (AvgIpc) is 2.41. The molecule has 116 valence electrons. The van der Waals surface area contributed by atoms with Gasteiger partial charge in [0, 0.05) is 30.3 Å². The number of phenolic OH excluding ortho intramolecular Hbond substituents is 1. The van der Waals surface area contributed by atoms with Gasteiger partial charge in [0.05, 0.1) is 0 Å². The monoisotopic (exact) mass is 291 g/mol. The summed E-state index contributed by atoms with van der Waals surface area (Å²) in [4.78, 5) is 13.1. The fourth-order valence-electron chi connectivity index (χ4n) is 3.47. The van der Waals surface area contributed by atoms with Crippen LogP contribution in [0.2, 0.25) is 0 Å². The Morgan fingerprint density at radius 2 is 2.19 bits per heavy atom. The molecule has 0 bridgehead atoms. The van der Waals surface area contributed by atoms with Gasteiger partial charge in [-0.15, -0.1) is 0 Å². The van der Waals surface area contributed by atoms with E-state index in [4.69, 9.17) is 5.11 Å². The van der Waals surface area contributed by atoms with Crippen LogP contribution in [-0.2, 0) is 4.79 Å². The molecule has 0 spiro atoms. The predicted octanol–water partition coefficient (Wildman–Crippen LogP) is 3.74. The van der Waals surface area contributed by atoms with Crippen LogP contribution in [0, 0.1) is 0 Å². The SMILES string of the molecule is CCC1(C)CC(C)c2ccc(O)cc2N1CCCC(=O)O. The van der Waals surface area contributed by atoms with E-state index in [9.17, 15) is 9.90 Å². The van der Waals surface area contributed by atoms with E-state index in [1.165, 1.54) is 5.56 Å². The molecule has 0 fully saturated rings. The molecule has 0 saturated carbocycles. The second kappa shape index (κ2) is 5.96. The lowest BCUT2D eigenvalue weighted by atomic mass is 9.77. The smallest absolute Gasteiger partial charge is 0.303 e. The van der Waals surface area contributed by atoms with Crippen molar-refractivity contribution >= 4 is 11.7 Å². The van der Waals surface area contributed by atoms with Crippen molar-refractivity contribution in [3.63, 3.8) is 0 Å². The number of aromatic hydroxyl groups is 1. The van der Waals surface area contributed by atoms with Crippen molar-refractivity contribution in [3.8, 4) is 5.75 Å². The van der Waals surface area contributed by atoms with E-state index in [0.717, 1.165) is 18.5 Å². The number of phenols is 1. The summed E-state index contributed by atoms with van der Waals surface area (Å²) in [5.41, 5.74) is 2.32. The Hall–Kier alpha value is -1.71.